The minimum Gasteiger partial charge on any atom is -0.276 e. The third-order valence-electron chi connectivity index (χ3n) is 3.23. The van der Waals surface area contributed by atoms with Gasteiger partial charge in [0.1, 0.15) is 0 Å². The zero-order valence-electron chi connectivity index (χ0n) is 11.3. The average Bonchev–Trinajstić information content (AvgIpc) is 2.44. The van der Waals surface area contributed by atoms with Crippen LogP contribution < -0.4 is 5.84 Å². The molecule has 1 amide bonds. The molecular weight excluding hydrogens is 236 g/mol. The number of hydrazine groups is 1. The Bertz CT molecular complexity index is 565. The molecule has 0 spiro atoms. The summed E-state index contributed by atoms with van der Waals surface area (Å²) in [6.45, 7) is 2.53. The van der Waals surface area contributed by atoms with Crippen LogP contribution in [-0.4, -0.2) is 10.9 Å². The van der Waals surface area contributed by atoms with Crippen molar-refractivity contribution in [3.63, 3.8) is 0 Å². The highest BCUT2D eigenvalue weighted by atomic mass is 16.2. The van der Waals surface area contributed by atoms with Gasteiger partial charge in [-0.1, -0.05) is 49.7 Å². The number of carbonyl (C=O) groups is 1. The lowest BCUT2D eigenvalue weighted by molar-refractivity contribution is -0.132. The van der Waals surface area contributed by atoms with Crippen LogP contribution in [0.5, 0.6) is 0 Å². The van der Waals surface area contributed by atoms with Crippen LogP contribution in [0.2, 0.25) is 0 Å². The third-order valence-corrected chi connectivity index (χ3v) is 3.23. The number of rotatable bonds is 5. The van der Waals surface area contributed by atoms with Gasteiger partial charge in [0.15, 0.2) is 0 Å². The van der Waals surface area contributed by atoms with Gasteiger partial charge in [0, 0.05) is 6.42 Å². The zero-order chi connectivity index (χ0) is 13.7. The van der Waals surface area contributed by atoms with Gasteiger partial charge >= 0.3 is 0 Å². The highest BCUT2D eigenvalue weighted by Gasteiger charge is 2.09. The number of nitrogens with two attached hydrogens (primary N) is 1. The van der Waals surface area contributed by atoms with Gasteiger partial charge < -0.3 is 0 Å². The number of benzene rings is 2. The van der Waals surface area contributed by atoms with Crippen LogP contribution >= 0.6 is 0 Å². The lowest BCUT2D eigenvalue weighted by Gasteiger charge is -2.16. The summed E-state index contributed by atoms with van der Waals surface area (Å²) in [6, 6.07) is 14.3. The first kappa shape index (κ1) is 13.6. The summed E-state index contributed by atoms with van der Waals surface area (Å²) < 4.78 is 0. The molecule has 0 bridgehead atoms. The normalized spacial score (nSPS) is 10.6. The summed E-state index contributed by atoms with van der Waals surface area (Å²) in [7, 11) is 0. The molecule has 0 aliphatic heterocycles. The van der Waals surface area contributed by atoms with Crippen LogP contribution in [-0.2, 0) is 11.3 Å². The molecule has 3 nitrogen and oxygen atoms in total. The lowest BCUT2D eigenvalue weighted by Crippen LogP contribution is -2.36. The molecule has 0 aliphatic carbocycles. The minimum absolute atomic E-state index is 0.00927. The number of hydrogen-bond donors (Lipinski definition) is 1. The van der Waals surface area contributed by atoms with E-state index in [9.17, 15) is 4.79 Å². The zero-order valence-corrected chi connectivity index (χ0v) is 11.3. The number of amides is 1. The lowest BCUT2D eigenvalue weighted by atomic mass is 10.1. The Kier molecular flexibility index (Phi) is 4.53. The molecule has 2 aromatic carbocycles. The van der Waals surface area contributed by atoms with E-state index in [0.29, 0.717) is 13.0 Å². The molecule has 0 fully saturated rings. The molecule has 0 saturated heterocycles. The first-order chi connectivity index (χ1) is 9.20. The van der Waals surface area contributed by atoms with Crippen molar-refractivity contribution >= 4 is 16.7 Å². The van der Waals surface area contributed by atoms with E-state index in [1.165, 1.54) is 15.8 Å². The second-order valence-electron chi connectivity index (χ2n) is 4.81. The second-order valence-corrected chi connectivity index (χ2v) is 4.81. The van der Waals surface area contributed by atoms with E-state index in [1.807, 2.05) is 18.2 Å². The molecule has 100 valence electrons. The van der Waals surface area contributed by atoms with E-state index in [1.54, 1.807) is 0 Å². The molecule has 0 unspecified atom stereocenters. The fourth-order valence-electron chi connectivity index (χ4n) is 2.09. The fraction of sp³-hybridized carbons (Fsp3) is 0.312. The summed E-state index contributed by atoms with van der Waals surface area (Å²) >= 11 is 0. The Hall–Kier alpha value is -1.87. The van der Waals surface area contributed by atoms with Gasteiger partial charge in [-0.25, -0.2) is 5.84 Å². The highest BCUT2D eigenvalue weighted by molar-refractivity contribution is 5.83. The van der Waals surface area contributed by atoms with Crippen molar-refractivity contribution < 1.29 is 4.79 Å². The Balaban J connectivity index is 2.06. The van der Waals surface area contributed by atoms with Crippen molar-refractivity contribution in [3.05, 3.63) is 48.0 Å². The van der Waals surface area contributed by atoms with E-state index < -0.39 is 0 Å². The monoisotopic (exact) mass is 256 g/mol. The van der Waals surface area contributed by atoms with Crippen molar-refractivity contribution in [2.45, 2.75) is 32.7 Å². The molecule has 2 rings (SSSR count). The van der Waals surface area contributed by atoms with E-state index in [0.717, 1.165) is 18.4 Å². The molecule has 19 heavy (non-hydrogen) atoms. The molecule has 2 N–H and O–H groups in total. The van der Waals surface area contributed by atoms with E-state index in [4.69, 9.17) is 5.84 Å². The molecule has 0 saturated carbocycles. The predicted molar refractivity (Wildman–Crippen MR) is 78.2 cm³/mol. The van der Waals surface area contributed by atoms with Crippen molar-refractivity contribution in [1.82, 2.24) is 5.01 Å². The molecule has 0 aliphatic rings. The quantitative estimate of drug-likeness (QED) is 0.507. The van der Waals surface area contributed by atoms with Crippen molar-refractivity contribution in [2.75, 3.05) is 0 Å². The fourth-order valence-corrected chi connectivity index (χ4v) is 2.09. The molecule has 3 heteroatoms. The smallest absolute Gasteiger partial charge is 0.236 e. The number of carbonyl (C=O) groups excluding carboxylic acids is 1. The first-order valence-electron chi connectivity index (χ1n) is 6.73. The van der Waals surface area contributed by atoms with Crippen molar-refractivity contribution in [2.24, 2.45) is 5.84 Å². The van der Waals surface area contributed by atoms with Crippen LogP contribution in [0.3, 0.4) is 0 Å². The van der Waals surface area contributed by atoms with Crippen LogP contribution in [0.1, 0.15) is 31.7 Å². The van der Waals surface area contributed by atoms with Crippen LogP contribution in [0.4, 0.5) is 0 Å². The Labute approximate surface area is 114 Å². The topological polar surface area (TPSA) is 46.3 Å². The van der Waals surface area contributed by atoms with Gasteiger partial charge in [-0.2, -0.15) is 0 Å². The molecule has 0 heterocycles. The largest absolute Gasteiger partial charge is 0.276 e. The molecule has 0 atom stereocenters. The summed E-state index contributed by atoms with van der Waals surface area (Å²) in [5.74, 6) is 5.83. The maximum Gasteiger partial charge on any atom is 0.236 e. The van der Waals surface area contributed by atoms with E-state index >= 15 is 0 Å². The van der Waals surface area contributed by atoms with Crippen LogP contribution in [0.15, 0.2) is 42.5 Å². The summed E-state index contributed by atoms with van der Waals surface area (Å²) in [5, 5.41) is 3.70. The van der Waals surface area contributed by atoms with E-state index in [2.05, 4.69) is 31.2 Å². The van der Waals surface area contributed by atoms with Gasteiger partial charge in [-0.3, -0.25) is 9.80 Å². The standard InChI is InChI=1S/C16H20N2O/c1-2-3-8-16(19)18(17)12-13-9-10-14-6-4-5-7-15(14)11-13/h4-7,9-11H,2-3,8,12,17H2,1H3. The Morgan fingerprint density at radius 2 is 1.89 bits per heavy atom. The van der Waals surface area contributed by atoms with E-state index in [-0.39, 0.29) is 5.91 Å². The van der Waals surface area contributed by atoms with Gasteiger partial charge in [0.2, 0.25) is 5.91 Å². The summed E-state index contributed by atoms with van der Waals surface area (Å²) in [4.78, 5) is 11.8. The van der Waals surface area contributed by atoms with Crippen molar-refractivity contribution in [3.8, 4) is 0 Å². The number of fused-ring (bicyclic) bond motifs is 1. The van der Waals surface area contributed by atoms with Gasteiger partial charge in [-0.15, -0.1) is 0 Å². The number of hydrogen-bond acceptors (Lipinski definition) is 2. The van der Waals surface area contributed by atoms with Gasteiger partial charge in [0.25, 0.3) is 0 Å². The molecule has 0 radical (unpaired) electrons. The predicted octanol–water partition coefficient (Wildman–Crippen LogP) is 3.23. The van der Waals surface area contributed by atoms with Crippen LogP contribution in [0, 0.1) is 0 Å². The molecule has 2 aromatic rings. The van der Waals surface area contributed by atoms with Crippen LogP contribution in [0.25, 0.3) is 10.8 Å². The molecular formula is C16H20N2O. The maximum atomic E-state index is 11.8. The molecule has 0 aromatic heterocycles. The van der Waals surface area contributed by atoms with Crippen molar-refractivity contribution in [1.29, 1.82) is 0 Å². The number of nitrogens with zero attached hydrogens (tertiary/aromatic N) is 1. The van der Waals surface area contributed by atoms with Gasteiger partial charge in [0.05, 0.1) is 6.54 Å². The summed E-state index contributed by atoms with van der Waals surface area (Å²) in [5.41, 5.74) is 1.06. The van der Waals surface area contributed by atoms with Gasteiger partial charge in [-0.05, 0) is 28.8 Å². The third kappa shape index (κ3) is 3.55. The minimum atomic E-state index is 0.00927. The highest BCUT2D eigenvalue weighted by Crippen LogP contribution is 2.16. The SMILES string of the molecule is CCCCC(=O)N(N)Cc1ccc2ccccc2c1. The summed E-state index contributed by atoms with van der Waals surface area (Å²) in [6.07, 6.45) is 2.43. The Morgan fingerprint density at radius 1 is 1.16 bits per heavy atom. The first-order valence-corrected chi connectivity index (χ1v) is 6.73. The average molecular weight is 256 g/mol. The second kappa shape index (κ2) is 6.34. The number of unbranched alkanes of at least 4 members (excludes halogenated alkanes) is 1. The Morgan fingerprint density at radius 3 is 2.63 bits per heavy atom. The maximum absolute atomic E-state index is 11.8.